The van der Waals surface area contributed by atoms with E-state index in [1.54, 1.807) is 11.8 Å². The lowest BCUT2D eigenvalue weighted by molar-refractivity contribution is -0.141. The Labute approximate surface area is 211 Å². The number of morpholine rings is 1. The van der Waals surface area contributed by atoms with Gasteiger partial charge in [0.25, 0.3) is 0 Å². The number of hydrogen-bond donors (Lipinski definition) is 1. The Morgan fingerprint density at radius 1 is 1.25 bits per heavy atom. The monoisotopic (exact) mass is 550 g/mol. The van der Waals surface area contributed by atoms with Crippen molar-refractivity contribution < 1.29 is 35.9 Å². The lowest BCUT2D eigenvalue weighted by Crippen LogP contribution is -2.59. The van der Waals surface area contributed by atoms with E-state index >= 15 is 0 Å². The van der Waals surface area contributed by atoms with Crippen LogP contribution in [0.15, 0.2) is 30.1 Å². The minimum absolute atomic E-state index is 0.0554. The third-order valence-electron chi connectivity index (χ3n) is 6.51. The number of hydrogen-bond acceptors (Lipinski definition) is 6. The van der Waals surface area contributed by atoms with Crippen LogP contribution in [-0.2, 0) is 25.5 Å². The molecule has 1 aromatic carbocycles. The molecule has 3 aliphatic heterocycles. The fraction of sp³-hybridized carbons (Fsp3) is 0.545. The zero-order valence-corrected chi connectivity index (χ0v) is 21.0. The summed E-state index contributed by atoms with van der Waals surface area (Å²) >= 11 is 5.73. The molecule has 36 heavy (non-hydrogen) atoms. The number of nitrogens with one attached hydrogen (secondary N) is 1. The predicted octanol–water partition coefficient (Wildman–Crippen LogP) is 2.78. The third kappa shape index (κ3) is 5.79. The summed E-state index contributed by atoms with van der Waals surface area (Å²) < 4.78 is 67.8. The van der Waals surface area contributed by atoms with Crippen molar-refractivity contribution in [3.63, 3.8) is 0 Å². The van der Waals surface area contributed by atoms with Gasteiger partial charge in [0.05, 0.1) is 47.0 Å². The summed E-state index contributed by atoms with van der Waals surface area (Å²) in [4.78, 5) is 31.0. The van der Waals surface area contributed by atoms with Gasteiger partial charge in [0.2, 0.25) is 5.91 Å². The molecule has 14 heteroatoms. The molecule has 1 N–H and O–H groups in total. The summed E-state index contributed by atoms with van der Waals surface area (Å²) in [6, 6.07) is 1.05. The van der Waals surface area contributed by atoms with Crippen LogP contribution in [0.3, 0.4) is 0 Å². The minimum atomic E-state index is -4.62. The van der Waals surface area contributed by atoms with E-state index < -0.39 is 38.7 Å². The van der Waals surface area contributed by atoms with Crippen LogP contribution in [0, 0.1) is 0 Å². The zero-order chi connectivity index (χ0) is 26.3. The minimum Gasteiger partial charge on any atom is -0.373 e. The SMILES string of the molecule is C[C@H]1C(=O)N2C(=CN1C(=O)Nc1ccc(C(F)(F)F)c(Cl)c1)COC[C@@H]2CCN1CCS(=O)(=O)CC1. The molecule has 0 spiro atoms. The summed E-state index contributed by atoms with van der Waals surface area (Å²) in [5.41, 5.74) is -0.464. The molecule has 0 saturated carbocycles. The highest BCUT2D eigenvalue weighted by Crippen LogP contribution is 2.36. The molecule has 9 nitrogen and oxygen atoms in total. The molecular formula is C22H26ClF3N4O5S. The number of fused-ring (bicyclic) bond motifs is 1. The van der Waals surface area contributed by atoms with Gasteiger partial charge in [-0.2, -0.15) is 13.2 Å². The van der Waals surface area contributed by atoms with Gasteiger partial charge in [0, 0.05) is 31.5 Å². The van der Waals surface area contributed by atoms with Gasteiger partial charge in [0.1, 0.15) is 6.04 Å². The summed E-state index contributed by atoms with van der Waals surface area (Å²) in [6.45, 7) is 3.51. The predicted molar refractivity (Wildman–Crippen MR) is 126 cm³/mol. The van der Waals surface area contributed by atoms with Crippen LogP contribution < -0.4 is 5.32 Å². The Hall–Kier alpha value is -2.35. The maximum atomic E-state index is 13.3. The van der Waals surface area contributed by atoms with Gasteiger partial charge in [-0.1, -0.05) is 11.6 Å². The fourth-order valence-corrected chi connectivity index (χ4v) is 6.02. The van der Waals surface area contributed by atoms with Crippen LogP contribution >= 0.6 is 11.6 Å². The average molecular weight is 551 g/mol. The Morgan fingerprint density at radius 2 is 1.94 bits per heavy atom. The van der Waals surface area contributed by atoms with Crippen molar-refractivity contribution in [1.29, 1.82) is 0 Å². The quantitative estimate of drug-likeness (QED) is 0.619. The summed E-state index contributed by atoms with van der Waals surface area (Å²) in [5.74, 6) is -0.0666. The van der Waals surface area contributed by atoms with E-state index in [1.165, 1.54) is 11.1 Å². The number of ether oxygens (including phenoxy) is 1. The van der Waals surface area contributed by atoms with E-state index in [0.717, 1.165) is 18.2 Å². The summed E-state index contributed by atoms with van der Waals surface area (Å²) in [7, 11) is -2.98. The van der Waals surface area contributed by atoms with Gasteiger partial charge < -0.3 is 19.9 Å². The molecule has 3 amide bonds. The van der Waals surface area contributed by atoms with Crippen molar-refractivity contribution in [2.24, 2.45) is 0 Å². The van der Waals surface area contributed by atoms with Crippen molar-refractivity contribution in [2.75, 3.05) is 49.7 Å². The van der Waals surface area contributed by atoms with Crippen LogP contribution in [0.2, 0.25) is 5.02 Å². The highest BCUT2D eigenvalue weighted by Gasteiger charge is 2.41. The van der Waals surface area contributed by atoms with E-state index in [-0.39, 0.29) is 35.7 Å². The van der Waals surface area contributed by atoms with E-state index in [0.29, 0.717) is 38.4 Å². The second-order valence-corrected chi connectivity index (χ2v) is 11.7. The lowest BCUT2D eigenvalue weighted by atomic mass is 10.1. The molecule has 2 fully saturated rings. The van der Waals surface area contributed by atoms with Gasteiger partial charge in [-0.05, 0) is 31.5 Å². The Bertz CT molecular complexity index is 1160. The van der Waals surface area contributed by atoms with Crippen LogP contribution in [0.25, 0.3) is 0 Å². The molecule has 0 unspecified atom stereocenters. The molecule has 3 aliphatic rings. The van der Waals surface area contributed by atoms with Gasteiger partial charge in [-0.15, -0.1) is 0 Å². The number of amides is 3. The van der Waals surface area contributed by atoms with Crippen molar-refractivity contribution in [3.8, 4) is 0 Å². The summed E-state index contributed by atoms with van der Waals surface area (Å²) in [6.07, 6.45) is -2.54. The number of rotatable bonds is 4. The number of carbonyl (C=O) groups excluding carboxylic acids is 2. The Balaban J connectivity index is 1.43. The zero-order valence-electron chi connectivity index (χ0n) is 19.4. The number of sulfone groups is 1. The van der Waals surface area contributed by atoms with Gasteiger partial charge >= 0.3 is 12.2 Å². The van der Waals surface area contributed by atoms with Crippen molar-refractivity contribution >= 4 is 39.1 Å². The van der Waals surface area contributed by atoms with Crippen molar-refractivity contribution in [3.05, 3.63) is 40.7 Å². The first-order valence-electron chi connectivity index (χ1n) is 11.4. The van der Waals surface area contributed by atoms with Crippen LogP contribution in [0.1, 0.15) is 18.9 Å². The van der Waals surface area contributed by atoms with Gasteiger partial charge in [-0.25, -0.2) is 13.2 Å². The van der Waals surface area contributed by atoms with Gasteiger partial charge in [-0.3, -0.25) is 9.69 Å². The first-order chi connectivity index (χ1) is 16.9. The van der Waals surface area contributed by atoms with Crippen LogP contribution in [0.5, 0.6) is 0 Å². The van der Waals surface area contributed by atoms with E-state index in [9.17, 15) is 31.2 Å². The molecule has 198 valence electrons. The number of carbonyl (C=O) groups is 2. The van der Waals surface area contributed by atoms with Gasteiger partial charge in [0.15, 0.2) is 9.84 Å². The number of anilines is 1. The standard InChI is InChI=1S/C22H26ClF3N4O5S/c1-14-20(31)30-16(4-5-28-6-8-36(33,34)9-7-28)12-35-13-17(30)11-29(14)21(32)27-15-2-3-18(19(23)10-15)22(24,25)26/h2-3,10-11,14,16H,4-9,12-13H2,1H3,(H,27,32)/t14-,16-/m0/s1. The highest BCUT2D eigenvalue weighted by molar-refractivity contribution is 7.91. The largest absolute Gasteiger partial charge is 0.417 e. The van der Waals surface area contributed by atoms with Crippen LogP contribution in [-0.4, -0.2) is 91.5 Å². The molecule has 3 heterocycles. The van der Waals surface area contributed by atoms with E-state index in [1.807, 2.05) is 4.90 Å². The van der Waals surface area contributed by atoms with E-state index in [4.69, 9.17) is 16.3 Å². The summed E-state index contributed by atoms with van der Waals surface area (Å²) in [5, 5.41) is 1.93. The maximum Gasteiger partial charge on any atom is 0.417 e. The molecule has 0 bridgehead atoms. The maximum absolute atomic E-state index is 13.3. The topological polar surface area (TPSA) is 99.3 Å². The molecule has 0 aliphatic carbocycles. The first kappa shape index (κ1) is 26.7. The fourth-order valence-electron chi connectivity index (χ4n) is 4.45. The molecule has 0 aromatic heterocycles. The highest BCUT2D eigenvalue weighted by atomic mass is 35.5. The number of halogens is 4. The molecule has 2 atom stereocenters. The molecule has 0 radical (unpaired) electrons. The number of nitrogens with zero attached hydrogens (tertiary/aromatic N) is 3. The lowest BCUT2D eigenvalue weighted by Gasteiger charge is -2.44. The smallest absolute Gasteiger partial charge is 0.373 e. The molecule has 1 aromatic rings. The molecule has 2 saturated heterocycles. The normalized spacial score (nSPS) is 24.8. The number of benzene rings is 1. The van der Waals surface area contributed by atoms with Crippen molar-refractivity contribution in [2.45, 2.75) is 31.6 Å². The van der Waals surface area contributed by atoms with Crippen molar-refractivity contribution in [1.82, 2.24) is 14.7 Å². The first-order valence-corrected chi connectivity index (χ1v) is 13.6. The number of urea groups is 1. The average Bonchev–Trinajstić information content (AvgIpc) is 2.79. The second-order valence-electron chi connectivity index (χ2n) is 8.99. The third-order valence-corrected chi connectivity index (χ3v) is 8.43. The molecule has 4 rings (SSSR count). The van der Waals surface area contributed by atoms with Crippen LogP contribution in [0.4, 0.5) is 23.7 Å². The van der Waals surface area contributed by atoms with E-state index in [2.05, 4.69) is 5.32 Å². The Morgan fingerprint density at radius 3 is 2.58 bits per heavy atom. The second kappa shape index (κ2) is 10.2. The number of alkyl halides is 3. The Kier molecular flexibility index (Phi) is 7.56. The molecular weight excluding hydrogens is 525 g/mol.